The van der Waals surface area contributed by atoms with Crippen molar-refractivity contribution in [1.82, 2.24) is 9.97 Å². The molecule has 1 aromatic heterocycles. The molecule has 0 aliphatic rings. The first-order valence-electron chi connectivity index (χ1n) is 5.67. The van der Waals surface area contributed by atoms with Crippen molar-refractivity contribution in [1.29, 1.82) is 5.26 Å². The summed E-state index contributed by atoms with van der Waals surface area (Å²) in [4.78, 5) is 19.1. The van der Waals surface area contributed by atoms with Crippen molar-refractivity contribution < 1.29 is 9.90 Å². The maximum absolute atomic E-state index is 11.1. The van der Waals surface area contributed by atoms with E-state index in [0.717, 1.165) is 0 Å². The second-order valence-corrected chi connectivity index (χ2v) is 4.49. The molecule has 0 radical (unpaired) electrons. The first kappa shape index (κ1) is 13.9. The summed E-state index contributed by atoms with van der Waals surface area (Å²) in [6.07, 6.45) is 0.467. The lowest BCUT2D eigenvalue weighted by atomic mass is 10.0. The van der Waals surface area contributed by atoms with Gasteiger partial charge in [0, 0.05) is 5.69 Å². The largest absolute Gasteiger partial charge is 0.480 e. The standard InChI is InChI=1S/C12H16N4O2/c1-7(2)4-10(11(17)18)16-12-14-8(3)5-9(6-13)15-12/h5,7,10H,4H2,1-3H3,(H,17,18)(H,14,15,16). The van der Waals surface area contributed by atoms with E-state index in [1.54, 1.807) is 13.0 Å². The van der Waals surface area contributed by atoms with Crippen LogP contribution in [0.1, 0.15) is 31.7 Å². The van der Waals surface area contributed by atoms with E-state index >= 15 is 0 Å². The van der Waals surface area contributed by atoms with Gasteiger partial charge in [0.05, 0.1) is 0 Å². The number of nitrogens with one attached hydrogen (secondary N) is 1. The predicted molar refractivity (Wildman–Crippen MR) is 66.0 cm³/mol. The van der Waals surface area contributed by atoms with Crippen LogP contribution in [0.25, 0.3) is 0 Å². The molecule has 0 aromatic carbocycles. The first-order valence-corrected chi connectivity index (χ1v) is 5.67. The fourth-order valence-electron chi connectivity index (χ4n) is 1.54. The van der Waals surface area contributed by atoms with Gasteiger partial charge in [0.25, 0.3) is 0 Å². The minimum absolute atomic E-state index is 0.180. The molecule has 0 aliphatic heterocycles. The summed E-state index contributed by atoms with van der Waals surface area (Å²) >= 11 is 0. The number of anilines is 1. The molecule has 1 aromatic rings. The Hall–Kier alpha value is -2.16. The van der Waals surface area contributed by atoms with Crippen molar-refractivity contribution in [2.75, 3.05) is 5.32 Å². The third kappa shape index (κ3) is 4.01. The predicted octanol–water partition coefficient (Wildman–Crippen LogP) is 1.57. The van der Waals surface area contributed by atoms with Crippen molar-refractivity contribution in [2.24, 2.45) is 5.92 Å². The number of rotatable bonds is 5. The van der Waals surface area contributed by atoms with E-state index in [1.165, 1.54) is 0 Å². The second-order valence-electron chi connectivity index (χ2n) is 4.49. The minimum Gasteiger partial charge on any atom is -0.480 e. The molecular formula is C12H16N4O2. The zero-order chi connectivity index (χ0) is 13.7. The van der Waals surface area contributed by atoms with Crippen LogP contribution in [0.5, 0.6) is 0 Å². The molecule has 96 valence electrons. The molecule has 0 fully saturated rings. The normalized spacial score (nSPS) is 11.9. The SMILES string of the molecule is Cc1cc(C#N)nc(NC(CC(C)C)C(=O)O)n1. The molecule has 0 bridgehead atoms. The molecule has 0 aliphatic carbocycles. The number of aromatic nitrogens is 2. The third-order valence-electron chi connectivity index (χ3n) is 2.28. The Morgan fingerprint density at radius 3 is 2.72 bits per heavy atom. The average Bonchev–Trinajstić information content (AvgIpc) is 2.26. The van der Waals surface area contributed by atoms with E-state index in [4.69, 9.17) is 10.4 Å². The van der Waals surface area contributed by atoms with Crippen molar-refractivity contribution in [2.45, 2.75) is 33.2 Å². The Morgan fingerprint density at radius 2 is 2.22 bits per heavy atom. The van der Waals surface area contributed by atoms with Crippen molar-refractivity contribution in [3.63, 3.8) is 0 Å². The topological polar surface area (TPSA) is 98.9 Å². The fraction of sp³-hybridized carbons (Fsp3) is 0.500. The van der Waals surface area contributed by atoms with Crippen LogP contribution in [0.2, 0.25) is 0 Å². The molecule has 1 heterocycles. The number of aliphatic carboxylic acids is 1. The van der Waals surface area contributed by atoms with Gasteiger partial charge in [-0.1, -0.05) is 13.8 Å². The molecule has 0 amide bonds. The first-order chi connectivity index (χ1) is 8.42. The smallest absolute Gasteiger partial charge is 0.326 e. The van der Waals surface area contributed by atoms with Crippen LogP contribution >= 0.6 is 0 Å². The van der Waals surface area contributed by atoms with Crippen molar-refractivity contribution in [3.05, 3.63) is 17.5 Å². The summed E-state index contributed by atoms with van der Waals surface area (Å²) in [5, 5.41) is 20.6. The second kappa shape index (κ2) is 5.96. The summed E-state index contributed by atoms with van der Waals surface area (Å²) in [5.41, 5.74) is 0.844. The summed E-state index contributed by atoms with van der Waals surface area (Å²) in [6.45, 7) is 5.61. The summed E-state index contributed by atoms with van der Waals surface area (Å²) in [6, 6.07) is 2.71. The summed E-state index contributed by atoms with van der Waals surface area (Å²) < 4.78 is 0. The monoisotopic (exact) mass is 248 g/mol. The highest BCUT2D eigenvalue weighted by molar-refractivity contribution is 5.76. The molecule has 1 unspecified atom stereocenters. The number of hydrogen-bond donors (Lipinski definition) is 2. The van der Waals surface area contributed by atoms with Crippen LogP contribution in [0, 0.1) is 24.2 Å². The molecule has 2 N–H and O–H groups in total. The van der Waals surface area contributed by atoms with Crippen LogP contribution in [-0.2, 0) is 4.79 Å². The Bertz CT molecular complexity index is 479. The zero-order valence-electron chi connectivity index (χ0n) is 10.6. The fourth-order valence-corrected chi connectivity index (χ4v) is 1.54. The molecule has 1 atom stereocenters. The molecule has 0 saturated heterocycles. The van der Waals surface area contributed by atoms with Gasteiger partial charge in [-0.3, -0.25) is 0 Å². The number of carbonyl (C=O) groups is 1. The Labute approximate surface area is 106 Å². The van der Waals surface area contributed by atoms with Gasteiger partial charge in [-0.2, -0.15) is 5.26 Å². The van der Waals surface area contributed by atoms with E-state index in [-0.39, 0.29) is 17.6 Å². The lowest BCUT2D eigenvalue weighted by Crippen LogP contribution is -2.31. The van der Waals surface area contributed by atoms with E-state index < -0.39 is 12.0 Å². The number of carboxylic acids is 1. The van der Waals surface area contributed by atoms with E-state index in [1.807, 2.05) is 19.9 Å². The van der Waals surface area contributed by atoms with Gasteiger partial charge in [0.15, 0.2) is 0 Å². The zero-order valence-corrected chi connectivity index (χ0v) is 10.6. The van der Waals surface area contributed by atoms with Gasteiger partial charge < -0.3 is 10.4 Å². The molecule has 6 heteroatoms. The lowest BCUT2D eigenvalue weighted by molar-refractivity contribution is -0.138. The van der Waals surface area contributed by atoms with E-state index in [2.05, 4.69) is 15.3 Å². The minimum atomic E-state index is -0.952. The lowest BCUT2D eigenvalue weighted by Gasteiger charge is -2.16. The van der Waals surface area contributed by atoms with Crippen LogP contribution in [0.15, 0.2) is 6.07 Å². The molecule has 18 heavy (non-hydrogen) atoms. The highest BCUT2D eigenvalue weighted by atomic mass is 16.4. The average molecular weight is 248 g/mol. The van der Waals surface area contributed by atoms with Crippen molar-refractivity contribution in [3.8, 4) is 6.07 Å². The number of nitriles is 1. The maximum atomic E-state index is 11.1. The molecular weight excluding hydrogens is 232 g/mol. The highest BCUT2D eigenvalue weighted by Gasteiger charge is 2.19. The highest BCUT2D eigenvalue weighted by Crippen LogP contribution is 2.11. The van der Waals surface area contributed by atoms with E-state index in [0.29, 0.717) is 12.1 Å². The van der Waals surface area contributed by atoms with Gasteiger partial charge in [-0.05, 0) is 25.3 Å². The third-order valence-corrected chi connectivity index (χ3v) is 2.28. The number of aryl methyl sites for hydroxylation is 1. The van der Waals surface area contributed by atoms with Gasteiger partial charge in [-0.25, -0.2) is 14.8 Å². The van der Waals surface area contributed by atoms with Gasteiger partial charge in [-0.15, -0.1) is 0 Å². The van der Waals surface area contributed by atoms with Crippen LogP contribution < -0.4 is 5.32 Å². The Morgan fingerprint density at radius 1 is 1.56 bits per heavy atom. The molecule has 1 rings (SSSR count). The maximum Gasteiger partial charge on any atom is 0.326 e. The summed E-state index contributed by atoms with van der Waals surface area (Å²) in [7, 11) is 0. The van der Waals surface area contributed by atoms with Crippen LogP contribution in [-0.4, -0.2) is 27.1 Å². The van der Waals surface area contributed by atoms with Gasteiger partial charge in [0.2, 0.25) is 5.95 Å². The van der Waals surface area contributed by atoms with E-state index in [9.17, 15) is 4.79 Å². The quantitative estimate of drug-likeness (QED) is 0.820. The van der Waals surface area contributed by atoms with Crippen LogP contribution in [0.3, 0.4) is 0 Å². The number of carboxylic acid groups (broad SMARTS) is 1. The number of hydrogen-bond acceptors (Lipinski definition) is 5. The molecule has 0 saturated carbocycles. The van der Waals surface area contributed by atoms with Crippen molar-refractivity contribution >= 4 is 11.9 Å². The van der Waals surface area contributed by atoms with Gasteiger partial charge in [0.1, 0.15) is 17.8 Å². The van der Waals surface area contributed by atoms with Gasteiger partial charge >= 0.3 is 5.97 Å². The Kier molecular flexibility index (Phi) is 4.60. The van der Waals surface area contributed by atoms with Crippen LogP contribution in [0.4, 0.5) is 5.95 Å². The summed E-state index contributed by atoms with van der Waals surface area (Å²) in [5.74, 6) is -0.536. The molecule has 0 spiro atoms. The Balaban J connectivity index is 2.90. The molecule has 6 nitrogen and oxygen atoms in total. The number of nitrogens with zero attached hydrogens (tertiary/aromatic N) is 3.